The second-order valence-corrected chi connectivity index (χ2v) is 4.01. The Kier molecular flexibility index (Phi) is 2.35. The summed E-state index contributed by atoms with van der Waals surface area (Å²) in [6.45, 7) is 8.31. The summed E-state index contributed by atoms with van der Waals surface area (Å²) in [5, 5.41) is 3.91. The lowest BCUT2D eigenvalue weighted by Gasteiger charge is -2.08. The molecule has 1 aromatic carbocycles. The van der Waals surface area contributed by atoms with Crippen LogP contribution in [0.25, 0.3) is 11.3 Å². The molecule has 0 radical (unpaired) electrons. The molecule has 1 heterocycles. The zero-order valence-electron chi connectivity index (χ0n) is 9.59. The zero-order chi connectivity index (χ0) is 11.0. The quantitative estimate of drug-likeness (QED) is 0.704. The minimum absolute atomic E-state index is 0.855. The molecule has 15 heavy (non-hydrogen) atoms. The summed E-state index contributed by atoms with van der Waals surface area (Å²) in [5.74, 6) is 0.855. The first kappa shape index (κ1) is 9.97. The first-order chi connectivity index (χ1) is 7.09. The van der Waals surface area contributed by atoms with E-state index in [2.05, 4.69) is 38.1 Å². The normalized spacial score (nSPS) is 10.7. The van der Waals surface area contributed by atoms with Crippen LogP contribution in [-0.4, -0.2) is 5.16 Å². The SMILES string of the molecule is Cc1cc(-c2ccc(C)c(C)c2C)on1. The monoisotopic (exact) mass is 201 g/mol. The Balaban J connectivity index is 2.59. The molecule has 0 atom stereocenters. The minimum atomic E-state index is 0.855. The number of hydrogen-bond acceptors (Lipinski definition) is 2. The van der Waals surface area contributed by atoms with E-state index in [-0.39, 0.29) is 0 Å². The van der Waals surface area contributed by atoms with E-state index in [0.29, 0.717) is 0 Å². The summed E-state index contributed by atoms with van der Waals surface area (Å²) in [6, 6.07) is 6.18. The topological polar surface area (TPSA) is 26.0 Å². The van der Waals surface area contributed by atoms with Crippen LogP contribution in [0.15, 0.2) is 22.7 Å². The van der Waals surface area contributed by atoms with Crippen molar-refractivity contribution in [2.75, 3.05) is 0 Å². The van der Waals surface area contributed by atoms with Crippen LogP contribution in [0.5, 0.6) is 0 Å². The van der Waals surface area contributed by atoms with Crippen molar-refractivity contribution in [3.8, 4) is 11.3 Å². The van der Waals surface area contributed by atoms with Crippen LogP contribution >= 0.6 is 0 Å². The fourth-order valence-corrected chi connectivity index (χ4v) is 1.71. The summed E-state index contributed by atoms with van der Waals surface area (Å²) >= 11 is 0. The van der Waals surface area contributed by atoms with E-state index in [9.17, 15) is 0 Å². The smallest absolute Gasteiger partial charge is 0.167 e. The second kappa shape index (κ2) is 3.54. The predicted octanol–water partition coefficient (Wildman–Crippen LogP) is 3.58. The van der Waals surface area contributed by atoms with Crippen molar-refractivity contribution in [1.29, 1.82) is 0 Å². The van der Waals surface area contributed by atoms with E-state index in [4.69, 9.17) is 4.52 Å². The number of aryl methyl sites for hydroxylation is 2. The van der Waals surface area contributed by atoms with Gasteiger partial charge in [-0.1, -0.05) is 17.3 Å². The van der Waals surface area contributed by atoms with E-state index < -0.39 is 0 Å². The molecule has 0 aliphatic carbocycles. The van der Waals surface area contributed by atoms with E-state index in [1.807, 2.05) is 13.0 Å². The molecule has 0 aliphatic rings. The highest BCUT2D eigenvalue weighted by Gasteiger charge is 2.09. The molecule has 0 unspecified atom stereocenters. The van der Waals surface area contributed by atoms with Crippen molar-refractivity contribution < 1.29 is 4.52 Å². The van der Waals surface area contributed by atoms with Crippen LogP contribution in [0.3, 0.4) is 0 Å². The standard InChI is InChI=1S/C13H15NO/c1-8-5-6-12(11(4)10(8)3)13-7-9(2)14-15-13/h5-7H,1-4H3. The Morgan fingerprint density at radius 2 is 1.73 bits per heavy atom. The van der Waals surface area contributed by atoms with Gasteiger partial charge >= 0.3 is 0 Å². The van der Waals surface area contributed by atoms with Crippen molar-refractivity contribution in [3.05, 3.63) is 40.6 Å². The zero-order valence-corrected chi connectivity index (χ0v) is 9.59. The van der Waals surface area contributed by atoms with Crippen molar-refractivity contribution in [1.82, 2.24) is 5.16 Å². The molecule has 0 saturated carbocycles. The van der Waals surface area contributed by atoms with E-state index in [1.165, 1.54) is 16.7 Å². The summed E-state index contributed by atoms with van der Waals surface area (Å²) in [6.07, 6.45) is 0. The van der Waals surface area contributed by atoms with Gasteiger partial charge < -0.3 is 4.52 Å². The molecule has 2 heteroatoms. The summed E-state index contributed by atoms with van der Waals surface area (Å²) in [5.41, 5.74) is 5.96. The molecule has 0 amide bonds. The van der Waals surface area contributed by atoms with Crippen molar-refractivity contribution >= 4 is 0 Å². The predicted molar refractivity (Wildman–Crippen MR) is 60.9 cm³/mol. The molecule has 0 bridgehead atoms. The number of rotatable bonds is 1. The van der Waals surface area contributed by atoms with Crippen LogP contribution in [0.1, 0.15) is 22.4 Å². The van der Waals surface area contributed by atoms with Crippen LogP contribution in [0, 0.1) is 27.7 Å². The van der Waals surface area contributed by atoms with Crippen molar-refractivity contribution in [2.45, 2.75) is 27.7 Å². The number of hydrogen-bond donors (Lipinski definition) is 0. The molecular weight excluding hydrogens is 186 g/mol. The van der Waals surface area contributed by atoms with Gasteiger partial charge in [-0.15, -0.1) is 0 Å². The summed E-state index contributed by atoms with van der Waals surface area (Å²) in [7, 11) is 0. The third-order valence-electron chi connectivity index (χ3n) is 2.95. The van der Waals surface area contributed by atoms with Gasteiger partial charge in [0.2, 0.25) is 0 Å². The highest BCUT2D eigenvalue weighted by atomic mass is 16.5. The van der Waals surface area contributed by atoms with Crippen molar-refractivity contribution in [3.63, 3.8) is 0 Å². The van der Waals surface area contributed by atoms with Crippen LogP contribution < -0.4 is 0 Å². The van der Waals surface area contributed by atoms with Gasteiger partial charge in [0.25, 0.3) is 0 Å². The Bertz CT molecular complexity index is 497. The molecule has 0 saturated heterocycles. The van der Waals surface area contributed by atoms with Gasteiger partial charge in [0.1, 0.15) is 0 Å². The largest absolute Gasteiger partial charge is 0.356 e. The number of aromatic nitrogens is 1. The van der Waals surface area contributed by atoms with Crippen LogP contribution in [0.4, 0.5) is 0 Å². The van der Waals surface area contributed by atoms with Crippen LogP contribution in [0.2, 0.25) is 0 Å². The minimum Gasteiger partial charge on any atom is -0.356 e. The van der Waals surface area contributed by atoms with Gasteiger partial charge in [0.15, 0.2) is 5.76 Å². The van der Waals surface area contributed by atoms with Gasteiger partial charge in [0.05, 0.1) is 5.69 Å². The maximum atomic E-state index is 5.28. The molecule has 0 fully saturated rings. The second-order valence-electron chi connectivity index (χ2n) is 4.01. The fourth-order valence-electron chi connectivity index (χ4n) is 1.71. The van der Waals surface area contributed by atoms with Gasteiger partial charge in [-0.2, -0.15) is 0 Å². The van der Waals surface area contributed by atoms with E-state index >= 15 is 0 Å². The number of benzene rings is 1. The van der Waals surface area contributed by atoms with Crippen molar-refractivity contribution in [2.24, 2.45) is 0 Å². The highest BCUT2D eigenvalue weighted by Crippen LogP contribution is 2.27. The van der Waals surface area contributed by atoms with Gasteiger partial charge in [-0.05, 0) is 44.4 Å². The van der Waals surface area contributed by atoms with E-state index in [1.54, 1.807) is 0 Å². The van der Waals surface area contributed by atoms with Gasteiger partial charge in [-0.3, -0.25) is 0 Å². The maximum Gasteiger partial charge on any atom is 0.167 e. The Morgan fingerprint density at radius 3 is 2.33 bits per heavy atom. The first-order valence-electron chi connectivity index (χ1n) is 5.10. The maximum absolute atomic E-state index is 5.28. The molecule has 2 aromatic rings. The summed E-state index contributed by atoms with van der Waals surface area (Å²) in [4.78, 5) is 0. The van der Waals surface area contributed by atoms with E-state index in [0.717, 1.165) is 17.0 Å². The average molecular weight is 201 g/mol. The molecular formula is C13H15NO. The number of nitrogens with zero attached hydrogens (tertiary/aromatic N) is 1. The molecule has 78 valence electrons. The molecule has 2 rings (SSSR count). The summed E-state index contributed by atoms with van der Waals surface area (Å²) < 4.78 is 5.28. The molecule has 1 aromatic heterocycles. The Morgan fingerprint density at radius 1 is 1.00 bits per heavy atom. The Labute approximate surface area is 89.9 Å². The average Bonchev–Trinajstić information content (AvgIpc) is 2.61. The van der Waals surface area contributed by atoms with Gasteiger partial charge in [-0.25, -0.2) is 0 Å². The Hall–Kier alpha value is -1.57. The third kappa shape index (κ3) is 1.67. The molecule has 0 aliphatic heterocycles. The first-order valence-corrected chi connectivity index (χ1v) is 5.10. The molecule has 0 N–H and O–H groups in total. The molecule has 2 nitrogen and oxygen atoms in total. The van der Waals surface area contributed by atoms with Gasteiger partial charge in [0, 0.05) is 11.6 Å². The fraction of sp³-hybridized carbons (Fsp3) is 0.308. The third-order valence-corrected chi connectivity index (χ3v) is 2.95. The molecule has 0 spiro atoms. The lowest BCUT2D eigenvalue weighted by Crippen LogP contribution is -1.89. The highest BCUT2D eigenvalue weighted by molar-refractivity contribution is 5.64. The lowest BCUT2D eigenvalue weighted by atomic mass is 9.97. The van der Waals surface area contributed by atoms with Crippen LogP contribution in [-0.2, 0) is 0 Å². The lowest BCUT2D eigenvalue weighted by molar-refractivity contribution is 0.427.